The first-order valence-corrected chi connectivity index (χ1v) is 6.19. The summed E-state index contributed by atoms with van der Waals surface area (Å²) in [5.41, 5.74) is 0.754. The number of carbonyl (C=O) groups excluding carboxylic acids is 2. The first kappa shape index (κ1) is 14.6. The Kier molecular flexibility index (Phi) is 4.56. The summed E-state index contributed by atoms with van der Waals surface area (Å²) in [4.78, 5) is 23.8. The second-order valence-electron chi connectivity index (χ2n) is 4.11. The number of rotatable bonds is 4. The van der Waals surface area contributed by atoms with Crippen LogP contribution in [0.1, 0.15) is 15.9 Å². The molecule has 0 saturated carbocycles. The van der Waals surface area contributed by atoms with E-state index in [2.05, 4.69) is 4.74 Å². The Morgan fingerprint density at radius 1 is 0.952 bits per heavy atom. The van der Waals surface area contributed by atoms with Crippen molar-refractivity contribution in [3.8, 4) is 11.5 Å². The highest BCUT2D eigenvalue weighted by molar-refractivity contribution is 6.11. The number of carbonyl (C=O) groups is 2. The van der Waals surface area contributed by atoms with Crippen molar-refractivity contribution in [2.45, 2.75) is 0 Å². The van der Waals surface area contributed by atoms with Crippen LogP contribution in [-0.2, 0) is 4.74 Å². The van der Waals surface area contributed by atoms with Gasteiger partial charge in [0.05, 0.1) is 19.8 Å². The summed E-state index contributed by atoms with van der Waals surface area (Å²) < 4.78 is 14.5. The molecule has 0 aliphatic heterocycles. The van der Waals surface area contributed by atoms with Crippen LogP contribution in [0.15, 0.2) is 48.5 Å². The summed E-state index contributed by atoms with van der Waals surface area (Å²) >= 11 is 0. The van der Waals surface area contributed by atoms with E-state index in [1.165, 1.54) is 20.3 Å². The maximum absolute atomic E-state index is 12.5. The fourth-order valence-corrected chi connectivity index (χ4v) is 1.78. The predicted molar refractivity (Wildman–Crippen MR) is 75.9 cm³/mol. The van der Waals surface area contributed by atoms with Crippen molar-refractivity contribution in [3.63, 3.8) is 0 Å². The van der Waals surface area contributed by atoms with Gasteiger partial charge in [-0.25, -0.2) is 4.79 Å². The molecule has 0 bridgehead atoms. The highest BCUT2D eigenvalue weighted by Crippen LogP contribution is 2.27. The lowest BCUT2D eigenvalue weighted by Gasteiger charge is -2.10. The van der Waals surface area contributed by atoms with Crippen LogP contribution in [-0.4, -0.2) is 26.2 Å². The predicted octanol–water partition coefficient (Wildman–Crippen LogP) is 3.07. The molecule has 0 aliphatic rings. The zero-order chi connectivity index (χ0) is 15.2. The number of hydrogen-bond acceptors (Lipinski definition) is 5. The molecule has 5 heteroatoms. The van der Waals surface area contributed by atoms with Gasteiger partial charge >= 0.3 is 6.16 Å². The van der Waals surface area contributed by atoms with E-state index in [1.54, 1.807) is 36.4 Å². The van der Waals surface area contributed by atoms with Crippen LogP contribution in [0.4, 0.5) is 4.79 Å². The van der Waals surface area contributed by atoms with E-state index < -0.39 is 6.16 Å². The molecule has 0 aromatic heterocycles. The van der Waals surface area contributed by atoms with Gasteiger partial charge in [-0.3, -0.25) is 4.79 Å². The second kappa shape index (κ2) is 6.56. The Morgan fingerprint density at radius 2 is 1.67 bits per heavy atom. The van der Waals surface area contributed by atoms with E-state index in [1.807, 2.05) is 6.07 Å². The standard InChI is InChI=1S/C16H14O5/c1-19-12-8-9-13(14(10-12)21-16(18)20-2)15(17)11-6-4-3-5-7-11/h3-10H,1-2H3. The monoisotopic (exact) mass is 286 g/mol. The van der Waals surface area contributed by atoms with Gasteiger partial charge in [-0.2, -0.15) is 0 Å². The molecule has 108 valence electrons. The quantitative estimate of drug-likeness (QED) is 0.491. The van der Waals surface area contributed by atoms with Crippen LogP contribution < -0.4 is 9.47 Å². The van der Waals surface area contributed by atoms with E-state index in [4.69, 9.17) is 9.47 Å². The van der Waals surface area contributed by atoms with Gasteiger partial charge in [-0.05, 0) is 12.1 Å². The van der Waals surface area contributed by atoms with Crippen molar-refractivity contribution < 1.29 is 23.8 Å². The molecule has 2 aromatic rings. The summed E-state index contributed by atoms with van der Waals surface area (Å²) in [7, 11) is 2.68. The van der Waals surface area contributed by atoms with Crippen LogP contribution in [0.5, 0.6) is 11.5 Å². The molecule has 21 heavy (non-hydrogen) atoms. The summed E-state index contributed by atoms with van der Waals surface area (Å²) in [6, 6.07) is 13.4. The van der Waals surface area contributed by atoms with Gasteiger partial charge in [0.15, 0.2) is 5.78 Å². The lowest BCUT2D eigenvalue weighted by atomic mass is 10.0. The highest BCUT2D eigenvalue weighted by atomic mass is 16.7. The zero-order valence-corrected chi connectivity index (χ0v) is 11.7. The molecule has 0 atom stereocenters. The molecule has 0 heterocycles. The van der Waals surface area contributed by atoms with Gasteiger partial charge in [-0.1, -0.05) is 30.3 Å². The van der Waals surface area contributed by atoms with Crippen LogP contribution in [0.25, 0.3) is 0 Å². The van der Waals surface area contributed by atoms with Gasteiger partial charge in [0, 0.05) is 11.6 Å². The molecular formula is C16H14O5. The van der Waals surface area contributed by atoms with Crippen molar-refractivity contribution in [1.29, 1.82) is 0 Å². The summed E-state index contributed by atoms with van der Waals surface area (Å²) in [5.74, 6) is 0.311. The van der Waals surface area contributed by atoms with Crippen LogP contribution >= 0.6 is 0 Å². The maximum atomic E-state index is 12.5. The molecule has 0 saturated heterocycles. The minimum atomic E-state index is -0.898. The zero-order valence-electron chi connectivity index (χ0n) is 11.7. The third-order valence-electron chi connectivity index (χ3n) is 2.83. The molecule has 0 radical (unpaired) electrons. The molecule has 2 aromatic carbocycles. The van der Waals surface area contributed by atoms with Gasteiger partial charge in [0.2, 0.25) is 0 Å². The minimum Gasteiger partial charge on any atom is -0.497 e. The van der Waals surface area contributed by atoms with Crippen LogP contribution in [0.2, 0.25) is 0 Å². The molecule has 0 fully saturated rings. The number of hydrogen-bond donors (Lipinski definition) is 0. The highest BCUT2D eigenvalue weighted by Gasteiger charge is 2.18. The van der Waals surface area contributed by atoms with Crippen molar-refractivity contribution in [1.82, 2.24) is 0 Å². The van der Waals surface area contributed by atoms with Crippen molar-refractivity contribution in [3.05, 3.63) is 59.7 Å². The molecule has 0 spiro atoms. The van der Waals surface area contributed by atoms with Crippen LogP contribution in [0, 0.1) is 0 Å². The summed E-state index contributed by atoms with van der Waals surface area (Å²) in [6.45, 7) is 0. The largest absolute Gasteiger partial charge is 0.513 e. The Hall–Kier alpha value is -2.82. The van der Waals surface area contributed by atoms with E-state index in [9.17, 15) is 9.59 Å². The fourth-order valence-electron chi connectivity index (χ4n) is 1.78. The number of ketones is 1. The van der Waals surface area contributed by atoms with Gasteiger partial charge in [0.1, 0.15) is 11.5 Å². The number of methoxy groups -OCH3 is 2. The topological polar surface area (TPSA) is 61.8 Å². The lowest BCUT2D eigenvalue weighted by Crippen LogP contribution is -2.11. The van der Waals surface area contributed by atoms with Crippen molar-refractivity contribution in [2.75, 3.05) is 14.2 Å². The molecule has 0 amide bonds. The third-order valence-corrected chi connectivity index (χ3v) is 2.83. The molecule has 0 aliphatic carbocycles. The normalized spacial score (nSPS) is 9.81. The maximum Gasteiger partial charge on any atom is 0.513 e. The minimum absolute atomic E-state index is 0.0926. The molecular weight excluding hydrogens is 272 g/mol. The van der Waals surface area contributed by atoms with E-state index in [-0.39, 0.29) is 17.1 Å². The smallest absolute Gasteiger partial charge is 0.497 e. The first-order chi connectivity index (χ1) is 10.2. The SMILES string of the molecule is COC(=O)Oc1cc(OC)ccc1C(=O)c1ccccc1. The van der Waals surface area contributed by atoms with Gasteiger partial charge < -0.3 is 14.2 Å². The average Bonchev–Trinajstić information content (AvgIpc) is 2.54. The average molecular weight is 286 g/mol. The van der Waals surface area contributed by atoms with E-state index in [0.717, 1.165) is 0 Å². The Labute approximate surface area is 122 Å². The molecule has 5 nitrogen and oxygen atoms in total. The molecule has 0 N–H and O–H groups in total. The third kappa shape index (κ3) is 3.39. The van der Waals surface area contributed by atoms with E-state index in [0.29, 0.717) is 11.3 Å². The number of ether oxygens (including phenoxy) is 3. The molecule has 2 rings (SSSR count). The van der Waals surface area contributed by atoms with Crippen LogP contribution in [0.3, 0.4) is 0 Å². The summed E-state index contributed by atoms with van der Waals surface area (Å²) in [6.07, 6.45) is -0.898. The second-order valence-corrected chi connectivity index (χ2v) is 4.11. The molecule has 0 unspecified atom stereocenters. The Morgan fingerprint density at radius 3 is 2.29 bits per heavy atom. The Balaban J connectivity index is 2.42. The summed E-state index contributed by atoms with van der Waals surface area (Å²) in [5, 5.41) is 0. The van der Waals surface area contributed by atoms with E-state index >= 15 is 0 Å². The Bertz CT molecular complexity index is 649. The first-order valence-electron chi connectivity index (χ1n) is 6.19. The van der Waals surface area contributed by atoms with Gasteiger partial charge in [0.25, 0.3) is 0 Å². The van der Waals surface area contributed by atoms with Crippen molar-refractivity contribution >= 4 is 11.9 Å². The van der Waals surface area contributed by atoms with Crippen molar-refractivity contribution in [2.24, 2.45) is 0 Å². The number of benzene rings is 2. The lowest BCUT2D eigenvalue weighted by molar-refractivity contribution is 0.103. The van der Waals surface area contributed by atoms with Gasteiger partial charge in [-0.15, -0.1) is 0 Å². The fraction of sp³-hybridized carbons (Fsp3) is 0.125.